The molecule has 1 rings (SSSR count). The standard InChI is InChI=1S/C8H16N2/c1-7(2)6-8-4-5-9-10(8)3/h4,7,9H,5-6H2,1-3H3. The van der Waals surface area contributed by atoms with E-state index >= 15 is 0 Å². The molecular weight excluding hydrogens is 124 g/mol. The zero-order chi connectivity index (χ0) is 7.56. The van der Waals surface area contributed by atoms with Gasteiger partial charge in [-0.3, -0.25) is 0 Å². The Bertz CT molecular complexity index is 138. The summed E-state index contributed by atoms with van der Waals surface area (Å²) in [4.78, 5) is 0. The molecule has 0 aromatic rings. The summed E-state index contributed by atoms with van der Waals surface area (Å²) in [5, 5.41) is 2.11. The first-order valence-corrected chi connectivity index (χ1v) is 3.86. The minimum Gasteiger partial charge on any atom is -0.316 e. The third kappa shape index (κ3) is 1.74. The molecule has 1 aliphatic rings. The van der Waals surface area contributed by atoms with Gasteiger partial charge in [0.15, 0.2) is 0 Å². The number of nitrogens with one attached hydrogen (secondary N) is 1. The first-order valence-electron chi connectivity index (χ1n) is 3.86. The first-order chi connectivity index (χ1) is 4.70. The molecule has 0 saturated heterocycles. The van der Waals surface area contributed by atoms with Crippen molar-refractivity contribution < 1.29 is 0 Å². The second-order valence-electron chi connectivity index (χ2n) is 3.21. The van der Waals surface area contributed by atoms with Crippen LogP contribution >= 0.6 is 0 Å². The monoisotopic (exact) mass is 140 g/mol. The molecule has 0 atom stereocenters. The Balaban J connectivity index is 2.40. The highest BCUT2D eigenvalue weighted by Crippen LogP contribution is 2.14. The Morgan fingerprint density at radius 1 is 1.70 bits per heavy atom. The Morgan fingerprint density at radius 3 is 2.80 bits per heavy atom. The molecular formula is C8H16N2. The molecule has 1 aliphatic heterocycles. The smallest absolute Gasteiger partial charge is 0.0351 e. The molecule has 58 valence electrons. The Kier molecular flexibility index (Phi) is 2.33. The van der Waals surface area contributed by atoms with Gasteiger partial charge < -0.3 is 5.01 Å². The predicted molar refractivity (Wildman–Crippen MR) is 43.3 cm³/mol. The lowest BCUT2D eigenvalue weighted by atomic mass is 10.1. The highest BCUT2D eigenvalue weighted by Gasteiger charge is 2.10. The summed E-state index contributed by atoms with van der Waals surface area (Å²) in [6.07, 6.45) is 3.43. The molecule has 0 amide bonds. The van der Waals surface area contributed by atoms with Crippen molar-refractivity contribution in [2.75, 3.05) is 13.6 Å². The van der Waals surface area contributed by atoms with E-state index < -0.39 is 0 Å². The Morgan fingerprint density at radius 2 is 2.40 bits per heavy atom. The van der Waals surface area contributed by atoms with Gasteiger partial charge in [-0.1, -0.05) is 13.8 Å². The molecule has 1 heterocycles. The van der Waals surface area contributed by atoms with Gasteiger partial charge in [0.1, 0.15) is 0 Å². The number of hydrazine groups is 1. The van der Waals surface area contributed by atoms with Gasteiger partial charge in [-0.25, -0.2) is 5.43 Å². The fourth-order valence-electron chi connectivity index (χ4n) is 1.18. The van der Waals surface area contributed by atoms with Crippen molar-refractivity contribution in [2.45, 2.75) is 20.3 Å². The molecule has 0 aromatic carbocycles. The summed E-state index contributed by atoms with van der Waals surface area (Å²) in [7, 11) is 2.07. The second kappa shape index (κ2) is 3.06. The highest BCUT2D eigenvalue weighted by molar-refractivity contribution is 5.05. The molecule has 0 spiro atoms. The van der Waals surface area contributed by atoms with Crippen molar-refractivity contribution in [1.29, 1.82) is 0 Å². The molecule has 0 aromatic heterocycles. The van der Waals surface area contributed by atoms with Gasteiger partial charge in [0.25, 0.3) is 0 Å². The maximum atomic E-state index is 3.22. The van der Waals surface area contributed by atoms with Crippen LogP contribution in [0.25, 0.3) is 0 Å². The molecule has 2 nitrogen and oxygen atoms in total. The van der Waals surface area contributed by atoms with Crippen molar-refractivity contribution in [3.63, 3.8) is 0 Å². The van der Waals surface area contributed by atoms with Gasteiger partial charge in [-0.05, 0) is 18.4 Å². The van der Waals surface area contributed by atoms with Crippen molar-refractivity contribution >= 4 is 0 Å². The van der Waals surface area contributed by atoms with E-state index in [0.29, 0.717) is 0 Å². The van der Waals surface area contributed by atoms with Crippen LogP contribution in [-0.2, 0) is 0 Å². The van der Waals surface area contributed by atoms with Crippen molar-refractivity contribution in [3.8, 4) is 0 Å². The van der Waals surface area contributed by atoms with Crippen LogP contribution in [-0.4, -0.2) is 18.6 Å². The molecule has 1 N–H and O–H groups in total. The molecule has 0 radical (unpaired) electrons. The van der Waals surface area contributed by atoms with Gasteiger partial charge in [-0.2, -0.15) is 0 Å². The Hall–Kier alpha value is -0.500. The van der Waals surface area contributed by atoms with Gasteiger partial charge in [0.05, 0.1) is 0 Å². The molecule has 0 bridgehead atoms. The topological polar surface area (TPSA) is 15.3 Å². The summed E-state index contributed by atoms with van der Waals surface area (Å²) >= 11 is 0. The van der Waals surface area contributed by atoms with E-state index in [-0.39, 0.29) is 0 Å². The number of allylic oxidation sites excluding steroid dienone is 1. The SMILES string of the molecule is CC(C)CC1=CCNN1C. The maximum absolute atomic E-state index is 3.22. The van der Waals surface area contributed by atoms with Gasteiger partial charge in [-0.15, -0.1) is 0 Å². The molecule has 10 heavy (non-hydrogen) atoms. The van der Waals surface area contributed by atoms with E-state index in [1.54, 1.807) is 0 Å². The van der Waals surface area contributed by atoms with E-state index in [0.717, 1.165) is 12.5 Å². The van der Waals surface area contributed by atoms with E-state index in [2.05, 4.69) is 37.4 Å². The van der Waals surface area contributed by atoms with E-state index in [1.807, 2.05) is 0 Å². The van der Waals surface area contributed by atoms with E-state index in [4.69, 9.17) is 0 Å². The highest BCUT2D eigenvalue weighted by atomic mass is 15.5. The number of rotatable bonds is 2. The molecule has 0 unspecified atom stereocenters. The lowest BCUT2D eigenvalue weighted by Gasteiger charge is -2.17. The van der Waals surface area contributed by atoms with Crippen LogP contribution in [0.5, 0.6) is 0 Å². The van der Waals surface area contributed by atoms with E-state index in [9.17, 15) is 0 Å². The first kappa shape index (κ1) is 7.61. The van der Waals surface area contributed by atoms with Crippen LogP contribution in [0.1, 0.15) is 20.3 Å². The average molecular weight is 140 g/mol. The predicted octanol–water partition coefficient (Wildman–Crippen LogP) is 1.37. The van der Waals surface area contributed by atoms with Crippen LogP contribution in [0.15, 0.2) is 11.8 Å². The zero-order valence-corrected chi connectivity index (χ0v) is 7.02. The lowest BCUT2D eigenvalue weighted by Crippen LogP contribution is -2.27. The quantitative estimate of drug-likeness (QED) is 0.623. The summed E-state index contributed by atoms with van der Waals surface area (Å²) in [5.74, 6) is 0.758. The molecule has 0 saturated carbocycles. The van der Waals surface area contributed by atoms with Crippen LogP contribution in [0.2, 0.25) is 0 Å². The summed E-state index contributed by atoms with van der Waals surface area (Å²) < 4.78 is 0. The summed E-state index contributed by atoms with van der Waals surface area (Å²) in [6.45, 7) is 5.48. The lowest BCUT2D eigenvalue weighted by molar-refractivity contribution is 0.324. The summed E-state index contributed by atoms with van der Waals surface area (Å²) in [5.41, 5.74) is 4.64. The minimum atomic E-state index is 0.758. The number of hydrogen-bond acceptors (Lipinski definition) is 2. The Labute approximate surface area is 62.9 Å². The van der Waals surface area contributed by atoms with Crippen LogP contribution in [0.4, 0.5) is 0 Å². The number of hydrogen-bond donors (Lipinski definition) is 1. The van der Waals surface area contributed by atoms with Gasteiger partial charge >= 0.3 is 0 Å². The normalized spacial score (nSPS) is 18.4. The van der Waals surface area contributed by atoms with Crippen LogP contribution < -0.4 is 5.43 Å². The fraction of sp³-hybridized carbons (Fsp3) is 0.750. The van der Waals surface area contributed by atoms with Crippen molar-refractivity contribution in [1.82, 2.24) is 10.4 Å². The average Bonchev–Trinajstić information content (AvgIpc) is 2.15. The number of nitrogens with zero attached hydrogens (tertiary/aromatic N) is 1. The van der Waals surface area contributed by atoms with E-state index in [1.165, 1.54) is 12.1 Å². The zero-order valence-electron chi connectivity index (χ0n) is 7.02. The van der Waals surface area contributed by atoms with Crippen molar-refractivity contribution in [2.24, 2.45) is 5.92 Å². The summed E-state index contributed by atoms with van der Waals surface area (Å²) in [6, 6.07) is 0. The second-order valence-corrected chi connectivity index (χ2v) is 3.21. The molecule has 0 aliphatic carbocycles. The van der Waals surface area contributed by atoms with Crippen molar-refractivity contribution in [3.05, 3.63) is 11.8 Å². The van der Waals surface area contributed by atoms with Gasteiger partial charge in [0.2, 0.25) is 0 Å². The third-order valence-electron chi connectivity index (χ3n) is 1.71. The third-order valence-corrected chi connectivity index (χ3v) is 1.71. The minimum absolute atomic E-state index is 0.758. The largest absolute Gasteiger partial charge is 0.316 e. The van der Waals surface area contributed by atoms with Crippen LogP contribution in [0, 0.1) is 5.92 Å². The fourth-order valence-corrected chi connectivity index (χ4v) is 1.18. The van der Waals surface area contributed by atoms with Crippen LogP contribution in [0.3, 0.4) is 0 Å². The molecule has 2 heteroatoms. The molecule has 0 fully saturated rings. The maximum Gasteiger partial charge on any atom is 0.0351 e. The van der Waals surface area contributed by atoms with Gasteiger partial charge in [0, 0.05) is 19.3 Å².